The zero-order chi connectivity index (χ0) is 10.6. The largest absolute Gasteiger partial charge is 0.370 e. The molecule has 0 atom stereocenters. The maximum atomic E-state index is 5.80. The van der Waals surface area contributed by atoms with Gasteiger partial charge >= 0.3 is 0 Å². The standard InChI is InChI=1S/C11H23N3/c1-11(2,3)8-13-10(12)14-9-6-4-5-7-9/h9H,4-8H2,1-3H3,(H3,12,13,14). The number of aliphatic imine (C=N–C) groups is 1. The third kappa shape index (κ3) is 4.49. The normalized spacial score (nSPS) is 20.1. The number of hydrogen-bond donors (Lipinski definition) is 2. The van der Waals surface area contributed by atoms with Crippen molar-refractivity contribution in [2.45, 2.75) is 52.5 Å². The Labute approximate surface area is 87.2 Å². The Morgan fingerprint density at radius 3 is 2.43 bits per heavy atom. The van der Waals surface area contributed by atoms with Crippen LogP contribution in [-0.2, 0) is 0 Å². The zero-order valence-electron chi connectivity index (χ0n) is 9.64. The second kappa shape index (κ2) is 4.67. The van der Waals surface area contributed by atoms with Gasteiger partial charge in [-0.15, -0.1) is 0 Å². The molecule has 1 aliphatic rings. The first-order valence-electron chi connectivity index (χ1n) is 5.54. The molecule has 0 unspecified atom stereocenters. The van der Waals surface area contributed by atoms with E-state index in [2.05, 4.69) is 31.1 Å². The predicted molar refractivity (Wildman–Crippen MR) is 61.3 cm³/mol. The molecule has 1 rings (SSSR count). The van der Waals surface area contributed by atoms with Crippen LogP contribution in [0.1, 0.15) is 46.5 Å². The highest BCUT2D eigenvalue weighted by Gasteiger charge is 2.15. The smallest absolute Gasteiger partial charge is 0.188 e. The molecule has 0 aliphatic heterocycles. The molecule has 0 spiro atoms. The minimum Gasteiger partial charge on any atom is -0.370 e. The lowest BCUT2D eigenvalue weighted by atomic mass is 9.97. The van der Waals surface area contributed by atoms with E-state index in [-0.39, 0.29) is 5.41 Å². The Kier molecular flexibility index (Phi) is 3.78. The summed E-state index contributed by atoms with van der Waals surface area (Å²) in [5.41, 5.74) is 6.02. The van der Waals surface area contributed by atoms with Crippen molar-refractivity contribution >= 4 is 5.96 Å². The second-order valence-corrected chi connectivity index (χ2v) is 5.39. The summed E-state index contributed by atoms with van der Waals surface area (Å²) in [5.74, 6) is 0.617. The summed E-state index contributed by atoms with van der Waals surface area (Å²) in [6, 6.07) is 0.568. The molecule has 82 valence electrons. The summed E-state index contributed by atoms with van der Waals surface area (Å²) >= 11 is 0. The van der Waals surface area contributed by atoms with E-state index in [4.69, 9.17) is 5.73 Å². The molecule has 3 nitrogen and oxygen atoms in total. The van der Waals surface area contributed by atoms with E-state index in [1.54, 1.807) is 0 Å². The fourth-order valence-electron chi connectivity index (χ4n) is 1.65. The van der Waals surface area contributed by atoms with Crippen molar-refractivity contribution in [2.75, 3.05) is 6.54 Å². The van der Waals surface area contributed by atoms with Gasteiger partial charge in [0.25, 0.3) is 0 Å². The average molecular weight is 197 g/mol. The van der Waals surface area contributed by atoms with Crippen LogP contribution in [0.15, 0.2) is 4.99 Å². The summed E-state index contributed by atoms with van der Waals surface area (Å²) in [6.07, 6.45) is 5.13. The second-order valence-electron chi connectivity index (χ2n) is 5.39. The van der Waals surface area contributed by atoms with Crippen LogP contribution in [0.25, 0.3) is 0 Å². The number of nitrogens with one attached hydrogen (secondary N) is 1. The maximum Gasteiger partial charge on any atom is 0.188 e. The lowest BCUT2D eigenvalue weighted by Crippen LogP contribution is -2.39. The molecule has 1 fully saturated rings. The Morgan fingerprint density at radius 1 is 1.36 bits per heavy atom. The summed E-state index contributed by atoms with van der Waals surface area (Å²) in [5, 5.41) is 3.28. The van der Waals surface area contributed by atoms with Gasteiger partial charge in [0.1, 0.15) is 0 Å². The first-order valence-corrected chi connectivity index (χ1v) is 5.54. The third-order valence-electron chi connectivity index (χ3n) is 2.43. The van der Waals surface area contributed by atoms with Gasteiger partial charge in [-0.3, -0.25) is 4.99 Å². The molecule has 0 aromatic rings. The SMILES string of the molecule is CC(C)(C)CN=C(N)NC1CCCC1. The Morgan fingerprint density at radius 2 is 1.93 bits per heavy atom. The molecule has 3 N–H and O–H groups in total. The lowest BCUT2D eigenvalue weighted by Gasteiger charge is -2.17. The van der Waals surface area contributed by atoms with Gasteiger partial charge in [-0.2, -0.15) is 0 Å². The molecule has 1 saturated carbocycles. The van der Waals surface area contributed by atoms with Crippen LogP contribution < -0.4 is 11.1 Å². The van der Waals surface area contributed by atoms with Gasteiger partial charge in [-0.25, -0.2) is 0 Å². The quantitative estimate of drug-likeness (QED) is 0.524. The first-order chi connectivity index (χ1) is 6.47. The minimum absolute atomic E-state index is 0.224. The molecule has 3 heteroatoms. The van der Waals surface area contributed by atoms with Crippen molar-refractivity contribution in [2.24, 2.45) is 16.1 Å². The van der Waals surface area contributed by atoms with Crippen LogP contribution >= 0.6 is 0 Å². The Hall–Kier alpha value is -0.730. The van der Waals surface area contributed by atoms with E-state index >= 15 is 0 Å². The molecule has 0 heterocycles. The van der Waals surface area contributed by atoms with Gasteiger partial charge in [0.2, 0.25) is 0 Å². The number of nitrogens with two attached hydrogens (primary N) is 1. The highest BCUT2D eigenvalue weighted by Crippen LogP contribution is 2.17. The molecule has 0 aromatic heterocycles. The predicted octanol–water partition coefficient (Wildman–Crippen LogP) is 1.88. The van der Waals surface area contributed by atoms with Gasteiger partial charge in [-0.1, -0.05) is 33.6 Å². The van der Waals surface area contributed by atoms with Gasteiger partial charge < -0.3 is 11.1 Å². The summed E-state index contributed by atoms with van der Waals surface area (Å²) in [6.45, 7) is 7.29. The first kappa shape index (κ1) is 11.3. The van der Waals surface area contributed by atoms with Crippen LogP contribution in [-0.4, -0.2) is 18.5 Å². The number of rotatable bonds is 2. The van der Waals surface area contributed by atoms with E-state index in [1.165, 1.54) is 25.7 Å². The monoisotopic (exact) mass is 197 g/mol. The highest BCUT2D eigenvalue weighted by molar-refractivity contribution is 5.78. The van der Waals surface area contributed by atoms with E-state index in [9.17, 15) is 0 Å². The van der Waals surface area contributed by atoms with Crippen LogP contribution in [0.4, 0.5) is 0 Å². The van der Waals surface area contributed by atoms with Crippen molar-refractivity contribution in [1.29, 1.82) is 0 Å². The molecule has 1 aliphatic carbocycles. The Bertz CT molecular complexity index is 197. The van der Waals surface area contributed by atoms with Gasteiger partial charge in [0.05, 0.1) is 0 Å². The van der Waals surface area contributed by atoms with E-state index in [1.807, 2.05) is 0 Å². The van der Waals surface area contributed by atoms with Gasteiger partial charge in [-0.05, 0) is 18.3 Å². The molecule has 0 aromatic carbocycles. The molecule has 14 heavy (non-hydrogen) atoms. The van der Waals surface area contributed by atoms with E-state index in [0.29, 0.717) is 12.0 Å². The average Bonchev–Trinajstić information content (AvgIpc) is 2.52. The van der Waals surface area contributed by atoms with Crippen molar-refractivity contribution in [3.63, 3.8) is 0 Å². The molecular formula is C11H23N3. The Balaban J connectivity index is 2.29. The van der Waals surface area contributed by atoms with Crippen molar-refractivity contribution < 1.29 is 0 Å². The summed E-state index contributed by atoms with van der Waals surface area (Å²) < 4.78 is 0. The molecule has 0 amide bonds. The summed E-state index contributed by atoms with van der Waals surface area (Å²) in [4.78, 5) is 4.34. The fourth-order valence-corrected chi connectivity index (χ4v) is 1.65. The topological polar surface area (TPSA) is 50.4 Å². The van der Waals surface area contributed by atoms with Crippen molar-refractivity contribution in [1.82, 2.24) is 5.32 Å². The molecule has 0 saturated heterocycles. The van der Waals surface area contributed by atoms with E-state index in [0.717, 1.165) is 6.54 Å². The number of nitrogens with zero attached hydrogens (tertiary/aromatic N) is 1. The third-order valence-corrected chi connectivity index (χ3v) is 2.43. The van der Waals surface area contributed by atoms with Crippen molar-refractivity contribution in [3.05, 3.63) is 0 Å². The molecule has 0 bridgehead atoms. The van der Waals surface area contributed by atoms with Crippen LogP contribution in [0, 0.1) is 5.41 Å². The van der Waals surface area contributed by atoms with Crippen molar-refractivity contribution in [3.8, 4) is 0 Å². The number of guanidine groups is 1. The van der Waals surface area contributed by atoms with E-state index < -0.39 is 0 Å². The van der Waals surface area contributed by atoms with Crippen LogP contribution in [0.2, 0.25) is 0 Å². The lowest BCUT2D eigenvalue weighted by molar-refractivity contribution is 0.428. The highest BCUT2D eigenvalue weighted by atomic mass is 15.1. The fraction of sp³-hybridized carbons (Fsp3) is 0.909. The minimum atomic E-state index is 0.224. The zero-order valence-corrected chi connectivity index (χ0v) is 9.64. The number of hydrogen-bond acceptors (Lipinski definition) is 1. The maximum absolute atomic E-state index is 5.80. The van der Waals surface area contributed by atoms with Crippen LogP contribution in [0.3, 0.4) is 0 Å². The summed E-state index contributed by atoms with van der Waals surface area (Å²) in [7, 11) is 0. The molecular weight excluding hydrogens is 174 g/mol. The van der Waals surface area contributed by atoms with Crippen LogP contribution in [0.5, 0.6) is 0 Å². The van der Waals surface area contributed by atoms with Gasteiger partial charge in [0, 0.05) is 12.6 Å². The van der Waals surface area contributed by atoms with Gasteiger partial charge in [0.15, 0.2) is 5.96 Å². The molecule has 0 radical (unpaired) electrons.